The fourth-order valence-electron chi connectivity index (χ4n) is 3.03. The molecule has 2 aliphatic rings. The van der Waals surface area contributed by atoms with Gasteiger partial charge in [-0.2, -0.15) is 0 Å². The van der Waals surface area contributed by atoms with Crippen LogP contribution < -0.4 is 5.73 Å². The number of rotatable bonds is 3. The minimum Gasteiger partial charge on any atom is -0.444 e. The van der Waals surface area contributed by atoms with Gasteiger partial charge in [0.2, 0.25) is 0 Å². The predicted molar refractivity (Wildman–Crippen MR) is 77.5 cm³/mol. The Bertz CT molecular complexity index is 335. The van der Waals surface area contributed by atoms with E-state index in [1.165, 1.54) is 0 Å². The summed E-state index contributed by atoms with van der Waals surface area (Å²) in [6, 6.07) is 0.151. The first-order valence-electron chi connectivity index (χ1n) is 7.73. The highest BCUT2D eigenvalue weighted by Crippen LogP contribution is 2.26. The van der Waals surface area contributed by atoms with Crippen LogP contribution in [0.25, 0.3) is 0 Å². The maximum absolute atomic E-state index is 12.5. The van der Waals surface area contributed by atoms with Crippen molar-refractivity contribution in [3.8, 4) is 0 Å². The lowest BCUT2D eigenvalue weighted by Crippen LogP contribution is -2.51. The van der Waals surface area contributed by atoms with E-state index in [2.05, 4.69) is 0 Å². The lowest BCUT2D eigenvalue weighted by molar-refractivity contribution is -0.00123. The average molecular weight is 284 g/mol. The second kappa shape index (κ2) is 6.31. The predicted octanol–water partition coefficient (Wildman–Crippen LogP) is 2.28. The molecule has 2 N–H and O–H groups in total. The Labute approximate surface area is 121 Å². The average Bonchev–Trinajstić information content (AvgIpc) is 2.94. The molecule has 5 nitrogen and oxygen atoms in total. The van der Waals surface area contributed by atoms with Crippen molar-refractivity contribution in [1.82, 2.24) is 4.90 Å². The minimum absolute atomic E-state index is 0.0592. The topological polar surface area (TPSA) is 64.8 Å². The molecule has 116 valence electrons. The van der Waals surface area contributed by atoms with E-state index in [1.807, 2.05) is 25.7 Å². The number of carbonyl (C=O) groups is 1. The molecule has 0 aromatic heterocycles. The second-order valence-corrected chi connectivity index (χ2v) is 6.93. The summed E-state index contributed by atoms with van der Waals surface area (Å²) in [5.41, 5.74) is 5.69. The first kappa shape index (κ1) is 15.6. The molecule has 1 amide bonds. The smallest absolute Gasteiger partial charge is 0.410 e. The highest BCUT2D eigenvalue weighted by Gasteiger charge is 2.36. The third kappa shape index (κ3) is 4.09. The van der Waals surface area contributed by atoms with Gasteiger partial charge in [-0.05, 0) is 52.9 Å². The standard InChI is InChI=1S/C15H28N2O3/c1-15(2,3)20-14(18)17(10-11-6-5-9-19-11)13-8-4-7-12(13)16/h11-13H,4-10,16H2,1-3H3/t11-,12-,13-/m0/s1. The zero-order valence-electron chi connectivity index (χ0n) is 12.9. The van der Waals surface area contributed by atoms with E-state index in [0.29, 0.717) is 6.54 Å². The molecule has 20 heavy (non-hydrogen) atoms. The van der Waals surface area contributed by atoms with Crippen molar-refractivity contribution in [3.05, 3.63) is 0 Å². The molecule has 0 radical (unpaired) electrons. The molecule has 0 aromatic carbocycles. The number of carbonyl (C=O) groups excluding carboxylic acids is 1. The highest BCUT2D eigenvalue weighted by molar-refractivity contribution is 5.68. The van der Waals surface area contributed by atoms with Crippen molar-refractivity contribution in [2.24, 2.45) is 5.73 Å². The summed E-state index contributed by atoms with van der Waals surface area (Å²) in [6.07, 6.45) is 5.00. The summed E-state index contributed by atoms with van der Waals surface area (Å²) in [5.74, 6) is 0. The molecule has 1 aliphatic carbocycles. The van der Waals surface area contributed by atoms with Crippen LogP contribution in [0.3, 0.4) is 0 Å². The second-order valence-electron chi connectivity index (χ2n) is 6.93. The van der Waals surface area contributed by atoms with Crippen LogP contribution in [0.2, 0.25) is 0 Å². The number of ether oxygens (including phenoxy) is 2. The van der Waals surface area contributed by atoms with E-state index in [0.717, 1.165) is 38.7 Å². The Morgan fingerprint density at radius 3 is 2.55 bits per heavy atom. The van der Waals surface area contributed by atoms with E-state index < -0.39 is 5.60 Å². The van der Waals surface area contributed by atoms with Gasteiger partial charge in [-0.15, -0.1) is 0 Å². The number of hydrogen-bond acceptors (Lipinski definition) is 4. The van der Waals surface area contributed by atoms with Crippen molar-refractivity contribution < 1.29 is 14.3 Å². The van der Waals surface area contributed by atoms with E-state index in [1.54, 1.807) is 0 Å². The van der Waals surface area contributed by atoms with Crippen LogP contribution in [-0.2, 0) is 9.47 Å². The SMILES string of the molecule is CC(C)(C)OC(=O)N(C[C@@H]1CCCO1)[C@H]1CCC[C@@H]1N. The third-order valence-electron chi connectivity index (χ3n) is 3.98. The van der Waals surface area contributed by atoms with E-state index >= 15 is 0 Å². The first-order chi connectivity index (χ1) is 9.37. The largest absolute Gasteiger partial charge is 0.444 e. The normalized spacial score (nSPS) is 30.5. The lowest BCUT2D eigenvalue weighted by atomic mass is 10.1. The molecule has 0 unspecified atom stereocenters. The van der Waals surface area contributed by atoms with Crippen molar-refractivity contribution in [2.75, 3.05) is 13.2 Å². The molecule has 2 fully saturated rings. The summed E-state index contributed by atoms with van der Waals surface area (Å²) in [5, 5.41) is 0. The summed E-state index contributed by atoms with van der Waals surface area (Å²) in [6.45, 7) is 7.08. The van der Waals surface area contributed by atoms with Crippen LogP contribution in [0.5, 0.6) is 0 Å². The summed E-state index contributed by atoms with van der Waals surface area (Å²) < 4.78 is 11.2. The summed E-state index contributed by atoms with van der Waals surface area (Å²) in [7, 11) is 0. The van der Waals surface area contributed by atoms with Crippen molar-refractivity contribution in [3.63, 3.8) is 0 Å². The van der Waals surface area contributed by atoms with Crippen LogP contribution in [0.1, 0.15) is 52.9 Å². The molecule has 5 heteroatoms. The molecule has 0 aromatic rings. The van der Waals surface area contributed by atoms with E-state index in [-0.39, 0.29) is 24.3 Å². The molecular weight excluding hydrogens is 256 g/mol. The van der Waals surface area contributed by atoms with Gasteiger partial charge in [0.05, 0.1) is 18.7 Å². The molecule has 2 rings (SSSR count). The fraction of sp³-hybridized carbons (Fsp3) is 0.933. The Morgan fingerprint density at radius 1 is 1.30 bits per heavy atom. The van der Waals surface area contributed by atoms with Gasteiger partial charge in [0, 0.05) is 12.6 Å². The van der Waals surface area contributed by atoms with Crippen LogP contribution >= 0.6 is 0 Å². The van der Waals surface area contributed by atoms with Gasteiger partial charge in [0.25, 0.3) is 0 Å². The Hall–Kier alpha value is -0.810. The molecule has 0 spiro atoms. The van der Waals surface area contributed by atoms with Gasteiger partial charge in [-0.1, -0.05) is 0 Å². The van der Waals surface area contributed by atoms with Gasteiger partial charge in [0.15, 0.2) is 0 Å². The fourth-order valence-corrected chi connectivity index (χ4v) is 3.03. The lowest BCUT2D eigenvalue weighted by Gasteiger charge is -2.34. The van der Waals surface area contributed by atoms with Gasteiger partial charge in [0.1, 0.15) is 5.60 Å². The van der Waals surface area contributed by atoms with Gasteiger partial charge in [-0.3, -0.25) is 0 Å². The van der Waals surface area contributed by atoms with Gasteiger partial charge < -0.3 is 20.1 Å². The van der Waals surface area contributed by atoms with E-state index in [4.69, 9.17) is 15.2 Å². The Balaban J connectivity index is 2.04. The third-order valence-corrected chi connectivity index (χ3v) is 3.98. The highest BCUT2D eigenvalue weighted by atomic mass is 16.6. The van der Waals surface area contributed by atoms with Gasteiger partial charge >= 0.3 is 6.09 Å². The monoisotopic (exact) mass is 284 g/mol. The quantitative estimate of drug-likeness (QED) is 0.863. The molecular formula is C15H28N2O3. The molecule has 1 heterocycles. The zero-order chi connectivity index (χ0) is 14.8. The van der Waals surface area contributed by atoms with Crippen LogP contribution in [-0.4, -0.2) is 47.9 Å². The maximum Gasteiger partial charge on any atom is 0.410 e. The first-order valence-corrected chi connectivity index (χ1v) is 7.73. The van der Waals surface area contributed by atoms with Gasteiger partial charge in [-0.25, -0.2) is 4.79 Å². The number of nitrogens with two attached hydrogens (primary N) is 1. The number of nitrogens with zero attached hydrogens (tertiary/aromatic N) is 1. The van der Waals surface area contributed by atoms with Crippen LogP contribution in [0, 0.1) is 0 Å². The summed E-state index contributed by atoms with van der Waals surface area (Å²) in [4.78, 5) is 14.3. The molecule has 0 bridgehead atoms. The van der Waals surface area contributed by atoms with Crippen molar-refractivity contribution in [2.45, 2.75) is 76.7 Å². The van der Waals surface area contributed by atoms with Crippen LogP contribution in [0.4, 0.5) is 4.79 Å². The Kier molecular flexibility index (Phi) is 4.91. The summed E-state index contributed by atoms with van der Waals surface area (Å²) >= 11 is 0. The van der Waals surface area contributed by atoms with E-state index in [9.17, 15) is 4.79 Å². The van der Waals surface area contributed by atoms with Crippen molar-refractivity contribution >= 4 is 6.09 Å². The number of amides is 1. The minimum atomic E-state index is -0.478. The zero-order valence-corrected chi connectivity index (χ0v) is 12.9. The van der Waals surface area contributed by atoms with Crippen LogP contribution in [0.15, 0.2) is 0 Å². The number of hydrogen-bond donors (Lipinski definition) is 1. The Morgan fingerprint density at radius 2 is 2.05 bits per heavy atom. The molecule has 1 aliphatic heterocycles. The molecule has 1 saturated heterocycles. The molecule has 1 saturated carbocycles. The molecule has 3 atom stereocenters. The van der Waals surface area contributed by atoms with Crippen molar-refractivity contribution in [1.29, 1.82) is 0 Å². The maximum atomic E-state index is 12.5.